The van der Waals surface area contributed by atoms with Crippen LogP contribution in [0.25, 0.3) is 0 Å². The smallest absolute Gasteiger partial charge is 0.404 e. The predicted molar refractivity (Wildman–Crippen MR) is 63.6 cm³/mol. The number of nitrogens with one attached hydrogen (secondary N) is 2. The van der Waals surface area contributed by atoms with E-state index in [9.17, 15) is 4.79 Å². The lowest BCUT2D eigenvalue weighted by molar-refractivity contribution is 0.188. The van der Waals surface area contributed by atoms with Crippen molar-refractivity contribution < 1.29 is 15.0 Å². The van der Waals surface area contributed by atoms with Gasteiger partial charge in [-0.05, 0) is 31.7 Å². The first-order valence-corrected chi connectivity index (χ1v) is 5.87. The van der Waals surface area contributed by atoms with E-state index in [1.807, 2.05) is 0 Å². The van der Waals surface area contributed by atoms with Crippen LogP contribution in [0.15, 0.2) is 0 Å². The van der Waals surface area contributed by atoms with Crippen LogP contribution in [-0.2, 0) is 0 Å². The first-order chi connectivity index (χ1) is 7.56. The fourth-order valence-corrected chi connectivity index (χ4v) is 1.41. The summed E-state index contributed by atoms with van der Waals surface area (Å²) in [4.78, 5) is 10.6. The van der Waals surface area contributed by atoms with E-state index in [4.69, 9.17) is 10.2 Å². The van der Waals surface area contributed by atoms with Gasteiger partial charge in [-0.3, -0.25) is 0 Å². The van der Waals surface area contributed by atoms with E-state index in [2.05, 4.69) is 24.5 Å². The molecule has 0 aromatic carbocycles. The van der Waals surface area contributed by atoms with E-state index in [-0.39, 0.29) is 12.6 Å². The Morgan fingerprint density at radius 2 is 2.00 bits per heavy atom. The maximum Gasteiger partial charge on any atom is 0.404 e. The lowest BCUT2D eigenvalue weighted by Gasteiger charge is -2.18. The fraction of sp³-hybridized carbons (Fsp3) is 0.909. The van der Waals surface area contributed by atoms with E-state index in [0.29, 0.717) is 18.9 Å². The van der Waals surface area contributed by atoms with E-state index in [1.54, 1.807) is 0 Å². The summed E-state index contributed by atoms with van der Waals surface area (Å²) >= 11 is 0. The van der Waals surface area contributed by atoms with Crippen molar-refractivity contribution in [1.29, 1.82) is 0 Å². The SMILES string of the molecule is CC(C)CCC(CNCCCO)NC(=O)O. The van der Waals surface area contributed by atoms with Gasteiger partial charge in [-0.1, -0.05) is 13.8 Å². The van der Waals surface area contributed by atoms with Crippen LogP contribution in [-0.4, -0.2) is 42.0 Å². The molecule has 0 rings (SSSR count). The Morgan fingerprint density at radius 3 is 2.50 bits per heavy atom. The van der Waals surface area contributed by atoms with Gasteiger partial charge in [0.25, 0.3) is 0 Å². The second kappa shape index (κ2) is 9.42. The lowest BCUT2D eigenvalue weighted by atomic mass is 10.0. The molecule has 0 heterocycles. The number of aliphatic hydroxyl groups excluding tert-OH is 1. The summed E-state index contributed by atoms with van der Waals surface area (Å²) in [6.45, 7) is 5.75. The summed E-state index contributed by atoms with van der Waals surface area (Å²) < 4.78 is 0. The largest absolute Gasteiger partial charge is 0.465 e. The van der Waals surface area contributed by atoms with Gasteiger partial charge in [-0.15, -0.1) is 0 Å². The Hall–Kier alpha value is -0.810. The number of rotatable bonds is 9. The van der Waals surface area contributed by atoms with Crippen molar-refractivity contribution >= 4 is 6.09 Å². The summed E-state index contributed by atoms with van der Waals surface area (Å²) in [5.41, 5.74) is 0. The van der Waals surface area contributed by atoms with Crippen molar-refractivity contribution in [3.63, 3.8) is 0 Å². The minimum Gasteiger partial charge on any atom is -0.465 e. The monoisotopic (exact) mass is 232 g/mol. The summed E-state index contributed by atoms with van der Waals surface area (Å²) in [6, 6.07) is -0.0430. The van der Waals surface area contributed by atoms with Crippen molar-refractivity contribution in [3.8, 4) is 0 Å². The zero-order valence-corrected chi connectivity index (χ0v) is 10.2. The highest BCUT2D eigenvalue weighted by atomic mass is 16.4. The molecular formula is C11H24N2O3. The topological polar surface area (TPSA) is 81.6 Å². The molecule has 0 spiro atoms. The van der Waals surface area contributed by atoms with E-state index in [0.717, 1.165) is 19.4 Å². The molecular weight excluding hydrogens is 208 g/mol. The molecule has 5 heteroatoms. The van der Waals surface area contributed by atoms with Gasteiger partial charge in [0.1, 0.15) is 0 Å². The van der Waals surface area contributed by atoms with Crippen molar-refractivity contribution in [2.24, 2.45) is 5.92 Å². The molecule has 5 nitrogen and oxygen atoms in total. The van der Waals surface area contributed by atoms with Gasteiger partial charge in [0.2, 0.25) is 0 Å². The average molecular weight is 232 g/mol. The fourth-order valence-electron chi connectivity index (χ4n) is 1.41. The van der Waals surface area contributed by atoms with Gasteiger partial charge in [0.05, 0.1) is 0 Å². The summed E-state index contributed by atoms with van der Waals surface area (Å²) in [6.07, 6.45) is 1.57. The Labute approximate surface area is 97.2 Å². The van der Waals surface area contributed by atoms with Gasteiger partial charge in [0.15, 0.2) is 0 Å². The highest BCUT2D eigenvalue weighted by Gasteiger charge is 2.11. The maximum absolute atomic E-state index is 10.6. The Kier molecular flexibility index (Phi) is 8.94. The summed E-state index contributed by atoms with van der Waals surface area (Å²) in [7, 11) is 0. The molecule has 0 aliphatic carbocycles. The molecule has 0 fully saturated rings. The molecule has 1 atom stereocenters. The minimum atomic E-state index is -0.974. The highest BCUT2D eigenvalue weighted by Crippen LogP contribution is 2.06. The average Bonchev–Trinajstić information content (AvgIpc) is 2.19. The molecule has 1 amide bonds. The number of carboxylic acid groups (broad SMARTS) is 1. The van der Waals surface area contributed by atoms with Gasteiger partial charge in [0, 0.05) is 19.2 Å². The van der Waals surface area contributed by atoms with Crippen LogP contribution in [0.3, 0.4) is 0 Å². The van der Waals surface area contributed by atoms with Crippen LogP contribution in [0.4, 0.5) is 4.79 Å². The third-order valence-electron chi connectivity index (χ3n) is 2.32. The first-order valence-electron chi connectivity index (χ1n) is 5.87. The summed E-state index contributed by atoms with van der Waals surface area (Å²) in [5.74, 6) is 0.579. The molecule has 16 heavy (non-hydrogen) atoms. The highest BCUT2D eigenvalue weighted by molar-refractivity contribution is 5.64. The third kappa shape index (κ3) is 9.73. The van der Waals surface area contributed by atoms with Crippen molar-refractivity contribution in [2.75, 3.05) is 19.7 Å². The Balaban J connectivity index is 3.76. The molecule has 0 radical (unpaired) electrons. The number of aliphatic hydroxyl groups is 1. The number of hydrogen-bond donors (Lipinski definition) is 4. The number of amides is 1. The number of hydrogen-bond acceptors (Lipinski definition) is 3. The predicted octanol–water partition coefficient (Wildman–Crippen LogP) is 1.03. The molecule has 0 aromatic heterocycles. The maximum atomic E-state index is 10.6. The molecule has 96 valence electrons. The second-order valence-corrected chi connectivity index (χ2v) is 4.40. The molecule has 4 N–H and O–H groups in total. The normalized spacial score (nSPS) is 12.8. The zero-order valence-electron chi connectivity index (χ0n) is 10.2. The summed E-state index contributed by atoms with van der Waals surface area (Å²) in [5, 5.41) is 22.9. The minimum absolute atomic E-state index is 0.0430. The second-order valence-electron chi connectivity index (χ2n) is 4.40. The van der Waals surface area contributed by atoms with Gasteiger partial charge < -0.3 is 20.8 Å². The van der Waals surface area contributed by atoms with Crippen LogP contribution in [0.5, 0.6) is 0 Å². The van der Waals surface area contributed by atoms with Crippen molar-refractivity contribution in [2.45, 2.75) is 39.2 Å². The van der Waals surface area contributed by atoms with E-state index < -0.39 is 6.09 Å². The van der Waals surface area contributed by atoms with Crippen molar-refractivity contribution in [3.05, 3.63) is 0 Å². The lowest BCUT2D eigenvalue weighted by Crippen LogP contribution is -2.41. The van der Waals surface area contributed by atoms with Gasteiger partial charge in [-0.25, -0.2) is 4.79 Å². The third-order valence-corrected chi connectivity index (χ3v) is 2.32. The van der Waals surface area contributed by atoms with Crippen LogP contribution < -0.4 is 10.6 Å². The quantitative estimate of drug-likeness (QED) is 0.448. The van der Waals surface area contributed by atoms with Crippen LogP contribution >= 0.6 is 0 Å². The van der Waals surface area contributed by atoms with E-state index in [1.165, 1.54) is 0 Å². The van der Waals surface area contributed by atoms with Crippen LogP contribution in [0.2, 0.25) is 0 Å². The molecule has 1 unspecified atom stereocenters. The zero-order chi connectivity index (χ0) is 12.4. The van der Waals surface area contributed by atoms with Crippen molar-refractivity contribution in [1.82, 2.24) is 10.6 Å². The Morgan fingerprint density at radius 1 is 1.31 bits per heavy atom. The molecule has 0 saturated heterocycles. The molecule has 0 aliphatic heterocycles. The molecule has 0 saturated carbocycles. The van der Waals surface area contributed by atoms with Crippen LogP contribution in [0, 0.1) is 5.92 Å². The molecule has 0 aliphatic rings. The number of carbonyl (C=O) groups is 1. The molecule has 0 aromatic rings. The Bertz CT molecular complexity index is 186. The van der Waals surface area contributed by atoms with E-state index >= 15 is 0 Å². The standard InChI is InChI=1S/C11H24N2O3/c1-9(2)4-5-10(13-11(15)16)8-12-6-3-7-14/h9-10,12-14H,3-8H2,1-2H3,(H,15,16). The van der Waals surface area contributed by atoms with Crippen LogP contribution in [0.1, 0.15) is 33.1 Å². The van der Waals surface area contributed by atoms with Gasteiger partial charge in [-0.2, -0.15) is 0 Å². The first kappa shape index (κ1) is 15.2. The van der Waals surface area contributed by atoms with Gasteiger partial charge >= 0.3 is 6.09 Å². The molecule has 0 bridgehead atoms.